The number of benzene rings is 4. The van der Waals surface area contributed by atoms with Gasteiger partial charge in [0.2, 0.25) is 9.84 Å². The van der Waals surface area contributed by atoms with E-state index in [-0.39, 0.29) is 28.8 Å². The second-order valence-corrected chi connectivity index (χ2v) is 11.7. The van der Waals surface area contributed by atoms with E-state index in [2.05, 4.69) is 5.32 Å². The van der Waals surface area contributed by atoms with E-state index in [9.17, 15) is 18.3 Å². The van der Waals surface area contributed by atoms with E-state index in [1.807, 2.05) is 24.3 Å². The minimum absolute atomic E-state index is 0. The van der Waals surface area contributed by atoms with Crippen LogP contribution in [0.2, 0.25) is 5.02 Å². The number of aliphatic hydroxyl groups is 1. The van der Waals surface area contributed by atoms with Crippen LogP contribution in [-0.2, 0) is 21.0 Å². The number of nitrogens with one attached hydrogen (secondary N) is 1. The summed E-state index contributed by atoms with van der Waals surface area (Å²) in [4.78, 5) is 12.3. The fourth-order valence-corrected chi connectivity index (χ4v) is 5.70. The number of sulfone groups is 1. The number of aryl methyl sites for hydroxylation is 1. The number of rotatable bonds is 13. The van der Waals surface area contributed by atoms with Gasteiger partial charge in [0, 0.05) is 11.6 Å². The van der Waals surface area contributed by atoms with Crippen molar-refractivity contribution in [1.29, 1.82) is 0 Å². The summed E-state index contributed by atoms with van der Waals surface area (Å²) in [5.74, 6) is 0.265. The molecule has 0 heterocycles. The largest absolute Gasteiger partial charge is 0.462 e. The molecule has 4 rings (SSSR count). The normalized spacial score (nSPS) is 11.8. The first-order chi connectivity index (χ1) is 19.8. The highest BCUT2D eigenvalue weighted by molar-refractivity contribution is 7.91. The summed E-state index contributed by atoms with van der Waals surface area (Å²) in [6.45, 7) is 3.11. The molecule has 0 spiro atoms. The minimum Gasteiger partial charge on any atom is -0.462 e. The maximum absolute atomic E-state index is 13.3. The molecule has 42 heavy (non-hydrogen) atoms. The summed E-state index contributed by atoms with van der Waals surface area (Å²) in [6.07, 6.45) is 0.941. The number of ether oxygens (including phenoxy) is 2. The molecular weight excluding hydrogens is 597 g/mol. The smallest absolute Gasteiger partial charge is 0.338 e. The van der Waals surface area contributed by atoms with Gasteiger partial charge in [-0.1, -0.05) is 48.0 Å². The van der Waals surface area contributed by atoms with Gasteiger partial charge in [0.05, 0.1) is 28.1 Å². The minimum atomic E-state index is -3.77. The topological polar surface area (TPSA) is 102 Å². The lowest BCUT2D eigenvalue weighted by Crippen LogP contribution is -2.22. The van der Waals surface area contributed by atoms with Gasteiger partial charge >= 0.3 is 5.97 Å². The van der Waals surface area contributed by atoms with Crippen molar-refractivity contribution >= 4 is 39.8 Å². The number of hydrogen-bond donors (Lipinski definition) is 2. The van der Waals surface area contributed by atoms with Crippen molar-refractivity contribution in [3.05, 3.63) is 119 Å². The summed E-state index contributed by atoms with van der Waals surface area (Å²) in [5, 5.41) is 14.1. The van der Waals surface area contributed by atoms with Gasteiger partial charge < -0.3 is 19.9 Å². The zero-order chi connectivity index (χ0) is 29.2. The average Bonchev–Trinajstić information content (AvgIpc) is 2.97. The molecule has 10 heteroatoms. The molecule has 0 fully saturated rings. The maximum Gasteiger partial charge on any atom is 0.338 e. The number of hydrogen-bond acceptors (Lipinski definition) is 7. The van der Waals surface area contributed by atoms with Crippen LogP contribution in [0, 0.1) is 0 Å². The van der Waals surface area contributed by atoms with E-state index in [4.69, 9.17) is 21.1 Å². The second kappa shape index (κ2) is 15.7. The summed E-state index contributed by atoms with van der Waals surface area (Å²) in [5.41, 5.74) is 2.13. The fourth-order valence-electron chi connectivity index (χ4n) is 4.20. The fraction of sp³-hybridized carbons (Fsp3) is 0.219. The third-order valence-electron chi connectivity index (χ3n) is 6.32. The summed E-state index contributed by atoms with van der Waals surface area (Å²) in [6, 6.07) is 26.8. The van der Waals surface area contributed by atoms with Crippen molar-refractivity contribution in [2.24, 2.45) is 0 Å². The summed E-state index contributed by atoms with van der Waals surface area (Å²) in [7, 11) is -3.77. The van der Waals surface area contributed by atoms with E-state index in [1.54, 1.807) is 67.6 Å². The lowest BCUT2D eigenvalue weighted by Gasteiger charge is -2.12. The summed E-state index contributed by atoms with van der Waals surface area (Å²) >= 11 is 5.99. The third-order valence-corrected chi connectivity index (χ3v) is 8.32. The highest BCUT2D eigenvalue weighted by atomic mass is 35.5. The Kier molecular flexibility index (Phi) is 12.4. The standard InChI is InChI=1S/C32H32ClNO6S.ClH/c1-2-39-32(36)25-9-4-11-27(20-25)40-28-12-5-13-30(21-28)41(37,38)29-16-14-23(15-17-29)7-6-18-34-22-31(35)24-8-3-10-26(33)19-24;/h3-5,8-17,19-21,31,34-35H,2,6-7,18,22H2,1H3;1H/t31-;/m1./s1. The van der Waals surface area contributed by atoms with Crippen LogP contribution >= 0.6 is 24.0 Å². The highest BCUT2D eigenvalue weighted by Crippen LogP contribution is 2.28. The number of aliphatic hydroxyl groups excluding tert-OH is 1. The quantitative estimate of drug-likeness (QED) is 0.124. The molecule has 4 aromatic rings. The van der Waals surface area contributed by atoms with Gasteiger partial charge in [-0.2, -0.15) is 0 Å². The van der Waals surface area contributed by atoms with Crippen LogP contribution in [0.25, 0.3) is 0 Å². The van der Waals surface area contributed by atoms with Gasteiger partial charge in [-0.15, -0.1) is 12.4 Å². The van der Waals surface area contributed by atoms with Gasteiger partial charge in [-0.3, -0.25) is 0 Å². The van der Waals surface area contributed by atoms with Crippen molar-refractivity contribution in [2.45, 2.75) is 35.7 Å². The van der Waals surface area contributed by atoms with Crippen LogP contribution in [0.4, 0.5) is 0 Å². The zero-order valence-electron chi connectivity index (χ0n) is 23.0. The van der Waals surface area contributed by atoms with Crippen molar-refractivity contribution in [3.63, 3.8) is 0 Å². The molecule has 0 saturated heterocycles. The molecule has 0 aliphatic carbocycles. The second-order valence-electron chi connectivity index (χ2n) is 9.35. The zero-order valence-corrected chi connectivity index (χ0v) is 25.4. The van der Waals surface area contributed by atoms with Gasteiger partial charge in [0.25, 0.3) is 0 Å². The predicted molar refractivity (Wildman–Crippen MR) is 166 cm³/mol. The van der Waals surface area contributed by atoms with Crippen LogP contribution < -0.4 is 10.1 Å². The molecule has 0 saturated carbocycles. The van der Waals surface area contributed by atoms with Crippen LogP contribution in [0.5, 0.6) is 11.5 Å². The first-order valence-corrected chi connectivity index (χ1v) is 15.2. The van der Waals surface area contributed by atoms with Gasteiger partial charge in [-0.25, -0.2) is 13.2 Å². The maximum atomic E-state index is 13.3. The molecular formula is C32H33Cl2NO6S. The highest BCUT2D eigenvalue weighted by Gasteiger charge is 2.19. The van der Waals surface area contributed by atoms with E-state index < -0.39 is 21.9 Å². The number of carbonyl (C=O) groups is 1. The molecule has 0 aromatic heterocycles. The molecule has 4 aromatic carbocycles. The first-order valence-electron chi connectivity index (χ1n) is 13.3. The van der Waals surface area contributed by atoms with Crippen LogP contribution in [0.1, 0.15) is 40.9 Å². The van der Waals surface area contributed by atoms with Crippen molar-refractivity contribution in [2.75, 3.05) is 19.7 Å². The first kappa shape index (κ1) is 33.1. The number of esters is 1. The molecule has 0 radical (unpaired) electrons. The van der Waals surface area contributed by atoms with Crippen LogP contribution in [-0.4, -0.2) is 39.2 Å². The molecule has 0 aliphatic heterocycles. The van der Waals surface area contributed by atoms with Crippen LogP contribution in [0.3, 0.4) is 0 Å². The van der Waals surface area contributed by atoms with Crippen molar-refractivity contribution in [1.82, 2.24) is 5.32 Å². The SMILES string of the molecule is CCOC(=O)c1cccc(Oc2cccc(S(=O)(=O)c3ccc(CCCNC[C@@H](O)c4cccc(Cl)c4)cc3)c2)c1.Cl. The molecule has 0 aliphatic rings. The van der Waals surface area contributed by atoms with Gasteiger partial charge in [-0.05, 0) is 98.1 Å². The third kappa shape index (κ3) is 9.05. The Morgan fingerprint density at radius 2 is 1.60 bits per heavy atom. The van der Waals surface area contributed by atoms with E-state index in [1.165, 1.54) is 12.1 Å². The molecule has 2 N–H and O–H groups in total. The van der Waals surface area contributed by atoms with E-state index >= 15 is 0 Å². The number of carbonyl (C=O) groups excluding carboxylic acids is 1. The van der Waals surface area contributed by atoms with Crippen molar-refractivity contribution in [3.8, 4) is 11.5 Å². The Hall–Kier alpha value is -3.40. The molecule has 7 nitrogen and oxygen atoms in total. The molecule has 0 unspecified atom stereocenters. The average molecular weight is 631 g/mol. The lowest BCUT2D eigenvalue weighted by atomic mass is 10.1. The number of halogens is 2. The Balaban J connectivity index is 0.00000484. The predicted octanol–water partition coefficient (Wildman–Crippen LogP) is 6.82. The van der Waals surface area contributed by atoms with Crippen molar-refractivity contribution < 1.29 is 27.8 Å². The van der Waals surface area contributed by atoms with E-state index in [0.717, 1.165) is 24.0 Å². The molecule has 0 bridgehead atoms. The van der Waals surface area contributed by atoms with Crippen LogP contribution in [0.15, 0.2) is 107 Å². The lowest BCUT2D eigenvalue weighted by molar-refractivity contribution is 0.0526. The Morgan fingerprint density at radius 1 is 0.905 bits per heavy atom. The monoisotopic (exact) mass is 629 g/mol. The molecule has 0 amide bonds. The van der Waals surface area contributed by atoms with Gasteiger partial charge in [0.15, 0.2) is 0 Å². The Morgan fingerprint density at radius 3 is 2.31 bits per heavy atom. The Bertz CT molecular complexity index is 1580. The molecule has 222 valence electrons. The Labute approximate surface area is 257 Å². The summed E-state index contributed by atoms with van der Waals surface area (Å²) < 4.78 is 37.5. The van der Waals surface area contributed by atoms with E-state index in [0.29, 0.717) is 35.2 Å². The van der Waals surface area contributed by atoms with Gasteiger partial charge in [0.1, 0.15) is 11.5 Å². The molecule has 1 atom stereocenters.